The molecule has 2 aromatic rings. The van der Waals surface area contributed by atoms with Gasteiger partial charge in [-0.05, 0) is 47.7 Å². The summed E-state index contributed by atoms with van der Waals surface area (Å²) in [6.07, 6.45) is 4.98. The number of nitrogens with zero attached hydrogens (tertiary/aromatic N) is 2. The van der Waals surface area contributed by atoms with Crippen molar-refractivity contribution in [3.05, 3.63) is 39.6 Å². The van der Waals surface area contributed by atoms with Gasteiger partial charge in [0.1, 0.15) is 11.5 Å². The number of hydrogen-bond acceptors (Lipinski definition) is 3. The van der Waals surface area contributed by atoms with Crippen molar-refractivity contribution in [1.82, 2.24) is 15.1 Å². The van der Waals surface area contributed by atoms with Crippen LogP contribution in [0.3, 0.4) is 0 Å². The van der Waals surface area contributed by atoms with Crippen molar-refractivity contribution in [3.8, 4) is 0 Å². The zero-order valence-corrected chi connectivity index (χ0v) is 12.0. The number of halogens is 1. The van der Waals surface area contributed by atoms with E-state index in [2.05, 4.69) is 39.9 Å². The van der Waals surface area contributed by atoms with E-state index in [1.165, 1.54) is 0 Å². The Bertz CT molecular complexity index is 464. The third kappa shape index (κ3) is 3.85. The molecule has 0 aliphatic carbocycles. The Morgan fingerprint density at radius 3 is 2.94 bits per heavy atom. The van der Waals surface area contributed by atoms with E-state index in [1.807, 2.05) is 29.2 Å². The minimum absolute atomic E-state index is 0.691. The lowest BCUT2D eigenvalue weighted by atomic mass is 10.4. The number of rotatable bonds is 6. The average Bonchev–Trinajstić information content (AvgIpc) is 2.90. The molecule has 5 heteroatoms. The van der Waals surface area contributed by atoms with Gasteiger partial charge in [-0.15, -0.1) is 0 Å². The highest BCUT2D eigenvalue weighted by molar-refractivity contribution is 14.1. The van der Waals surface area contributed by atoms with Crippen LogP contribution < -0.4 is 5.32 Å². The summed E-state index contributed by atoms with van der Waals surface area (Å²) >= 11 is 2.25. The molecule has 0 aliphatic rings. The Hall–Kier alpha value is -0.820. The number of furan rings is 1. The van der Waals surface area contributed by atoms with E-state index in [0.29, 0.717) is 6.54 Å². The fourth-order valence-corrected chi connectivity index (χ4v) is 2.02. The third-order valence-corrected chi connectivity index (χ3v) is 2.92. The predicted molar refractivity (Wildman–Crippen MR) is 74.8 cm³/mol. The molecule has 92 valence electrons. The van der Waals surface area contributed by atoms with Gasteiger partial charge in [-0.3, -0.25) is 4.68 Å². The third-order valence-electron chi connectivity index (χ3n) is 2.36. The molecule has 0 aromatic carbocycles. The Balaban J connectivity index is 1.89. The van der Waals surface area contributed by atoms with E-state index in [4.69, 9.17) is 4.42 Å². The molecule has 0 radical (unpaired) electrons. The molecule has 0 amide bonds. The molecule has 0 aliphatic heterocycles. The van der Waals surface area contributed by atoms with Crippen LogP contribution in [0.2, 0.25) is 0 Å². The molecule has 0 atom stereocenters. The zero-order valence-electron chi connectivity index (χ0n) is 9.82. The lowest BCUT2D eigenvalue weighted by Crippen LogP contribution is -2.13. The minimum atomic E-state index is 0.691. The van der Waals surface area contributed by atoms with Crippen LogP contribution in [0.5, 0.6) is 0 Å². The standard InChI is InChI=1S/C12H16IN3O/c1-2-5-14-7-11-3-4-12(17-11)9-16-8-10(13)6-15-16/h3-4,6,8,14H,2,5,7,9H2,1H3. The van der Waals surface area contributed by atoms with Gasteiger partial charge in [-0.25, -0.2) is 0 Å². The summed E-state index contributed by atoms with van der Waals surface area (Å²) in [5.74, 6) is 1.92. The van der Waals surface area contributed by atoms with Crippen molar-refractivity contribution >= 4 is 22.6 Å². The Morgan fingerprint density at radius 1 is 1.41 bits per heavy atom. The molecule has 0 unspecified atom stereocenters. The maximum atomic E-state index is 5.72. The summed E-state index contributed by atoms with van der Waals surface area (Å²) in [7, 11) is 0. The summed E-state index contributed by atoms with van der Waals surface area (Å²) < 4.78 is 8.73. The Labute approximate surface area is 115 Å². The molecule has 0 spiro atoms. The van der Waals surface area contributed by atoms with Crippen LogP contribution in [0.15, 0.2) is 28.9 Å². The smallest absolute Gasteiger partial charge is 0.125 e. The van der Waals surface area contributed by atoms with Gasteiger partial charge in [0.25, 0.3) is 0 Å². The fraction of sp³-hybridized carbons (Fsp3) is 0.417. The van der Waals surface area contributed by atoms with Crippen molar-refractivity contribution < 1.29 is 4.42 Å². The lowest BCUT2D eigenvalue weighted by Gasteiger charge is -2.00. The number of hydrogen-bond donors (Lipinski definition) is 1. The van der Waals surface area contributed by atoms with Crippen LogP contribution in [0.4, 0.5) is 0 Å². The molecule has 17 heavy (non-hydrogen) atoms. The second kappa shape index (κ2) is 6.20. The summed E-state index contributed by atoms with van der Waals surface area (Å²) in [5, 5.41) is 7.54. The monoisotopic (exact) mass is 345 g/mol. The molecule has 1 N–H and O–H groups in total. The SMILES string of the molecule is CCCNCc1ccc(Cn2cc(I)cn2)o1. The van der Waals surface area contributed by atoms with Gasteiger partial charge in [-0.2, -0.15) is 5.10 Å². The lowest BCUT2D eigenvalue weighted by molar-refractivity contribution is 0.430. The van der Waals surface area contributed by atoms with E-state index >= 15 is 0 Å². The second-order valence-electron chi connectivity index (χ2n) is 3.90. The maximum absolute atomic E-state index is 5.72. The summed E-state index contributed by atoms with van der Waals surface area (Å²) in [6, 6.07) is 4.03. The number of nitrogens with one attached hydrogen (secondary N) is 1. The van der Waals surface area contributed by atoms with E-state index in [-0.39, 0.29) is 0 Å². The van der Waals surface area contributed by atoms with E-state index in [9.17, 15) is 0 Å². The molecule has 0 bridgehead atoms. The van der Waals surface area contributed by atoms with Crippen molar-refractivity contribution in [2.45, 2.75) is 26.4 Å². The van der Waals surface area contributed by atoms with Crippen LogP contribution >= 0.6 is 22.6 Å². The van der Waals surface area contributed by atoms with Gasteiger partial charge >= 0.3 is 0 Å². The highest BCUT2D eigenvalue weighted by Gasteiger charge is 2.03. The van der Waals surface area contributed by atoms with Gasteiger partial charge in [-0.1, -0.05) is 6.92 Å². The first kappa shape index (κ1) is 12.6. The molecule has 2 aromatic heterocycles. The Kier molecular flexibility index (Phi) is 4.61. The largest absolute Gasteiger partial charge is 0.463 e. The molecule has 2 heterocycles. The normalized spacial score (nSPS) is 10.9. The van der Waals surface area contributed by atoms with Crippen molar-refractivity contribution in [1.29, 1.82) is 0 Å². The van der Waals surface area contributed by atoms with Gasteiger partial charge in [0, 0.05) is 6.20 Å². The summed E-state index contributed by atoms with van der Waals surface area (Å²) in [6.45, 7) is 4.66. The van der Waals surface area contributed by atoms with Crippen LogP contribution in [0.25, 0.3) is 0 Å². The van der Waals surface area contributed by atoms with Gasteiger partial charge in [0.05, 0.1) is 22.9 Å². The van der Waals surface area contributed by atoms with E-state index in [1.54, 1.807) is 0 Å². The number of aromatic nitrogens is 2. The van der Waals surface area contributed by atoms with Crippen molar-refractivity contribution in [2.75, 3.05) is 6.54 Å². The molecule has 0 fully saturated rings. The van der Waals surface area contributed by atoms with Gasteiger partial charge in [0.2, 0.25) is 0 Å². The average molecular weight is 345 g/mol. The van der Waals surface area contributed by atoms with E-state index in [0.717, 1.165) is 34.6 Å². The molecule has 0 saturated heterocycles. The topological polar surface area (TPSA) is 43.0 Å². The highest BCUT2D eigenvalue weighted by Crippen LogP contribution is 2.10. The second-order valence-corrected chi connectivity index (χ2v) is 5.15. The van der Waals surface area contributed by atoms with Crippen LogP contribution in [-0.4, -0.2) is 16.3 Å². The molecular weight excluding hydrogens is 329 g/mol. The minimum Gasteiger partial charge on any atom is -0.463 e. The first-order chi connectivity index (χ1) is 8.28. The van der Waals surface area contributed by atoms with Crippen molar-refractivity contribution in [2.24, 2.45) is 0 Å². The zero-order chi connectivity index (χ0) is 12.1. The summed E-state index contributed by atoms with van der Waals surface area (Å²) in [5.41, 5.74) is 0. The Morgan fingerprint density at radius 2 is 2.24 bits per heavy atom. The molecule has 0 saturated carbocycles. The maximum Gasteiger partial charge on any atom is 0.125 e. The van der Waals surface area contributed by atoms with Crippen LogP contribution in [0, 0.1) is 3.57 Å². The molecule has 4 nitrogen and oxygen atoms in total. The predicted octanol–water partition coefficient (Wildman–Crippen LogP) is 2.63. The van der Waals surface area contributed by atoms with E-state index < -0.39 is 0 Å². The van der Waals surface area contributed by atoms with Crippen LogP contribution in [0.1, 0.15) is 24.9 Å². The summed E-state index contributed by atoms with van der Waals surface area (Å²) in [4.78, 5) is 0. The van der Waals surface area contributed by atoms with Crippen LogP contribution in [-0.2, 0) is 13.1 Å². The fourth-order valence-electron chi connectivity index (χ4n) is 1.58. The van der Waals surface area contributed by atoms with Crippen molar-refractivity contribution in [3.63, 3.8) is 0 Å². The highest BCUT2D eigenvalue weighted by atomic mass is 127. The van der Waals surface area contributed by atoms with Gasteiger partial charge < -0.3 is 9.73 Å². The molecule has 2 rings (SSSR count). The molecular formula is C12H16IN3O. The van der Waals surface area contributed by atoms with Gasteiger partial charge in [0.15, 0.2) is 0 Å². The first-order valence-electron chi connectivity index (χ1n) is 5.74. The first-order valence-corrected chi connectivity index (χ1v) is 6.82. The quantitative estimate of drug-likeness (QED) is 0.647.